The Bertz CT molecular complexity index is 769. The van der Waals surface area contributed by atoms with Crippen molar-refractivity contribution in [3.8, 4) is 0 Å². The Labute approximate surface area is 178 Å². The van der Waals surface area contributed by atoms with Gasteiger partial charge in [0.2, 0.25) is 5.91 Å². The molecule has 1 aromatic rings. The lowest BCUT2D eigenvalue weighted by Gasteiger charge is -2.55. The molecule has 2 N–H and O–H groups in total. The molecule has 0 unspecified atom stereocenters. The molecule has 0 saturated heterocycles. The first-order chi connectivity index (χ1) is 14.3. The van der Waals surface area contributed by atoms with Gasteiger partial charge in [0.15, 0.2) is 6.61 Å². The molecule has 0 aliphatic heterocycles. The van der Waals surface area contributed by atoms with Crippen LogP contribution in [0.5, 0.6) is 0 Å². The van der Waals surface area contributed by atoms with Crippen LogP contribution < -0.4 is 10.6 Å². The van der Waals surface area contributed by atoms with E-state index in [-0.39, 0.29) is 23.8 Å². The van der Waals surface area contributed by atoms with Crippen molar-refractivity contribution in [2.24, 2.45) is 29.1 Å². The minimum atomic E-state index is -0.741. The first-order valence-electron chi connectivity index (χ1n) is 11.2. The van der Waals surface area contributed by atoms with Gasteiger partial charge in [-0.3, -0.25) is 9.59 Å². The molecule has 4 aliphatic carbocycles. The third-order valence-corrected chi connectivity index (χ3v) is 7.13. The van der Waals surface area contributed by atoms with Crippen LogP contribution in [0.25, 0.3) is 0 Å². The second-order valence-corrected chi connectivity index (χ2v) is 9.91. The van der Waals surface area contributed by atoms with Crippen LogP contribution in [0, 0.1) is 29.1 Å². The van der Waals surface area contributed by atoms with E-state index in [9.17, 15) is 14.4 Å². The molecule has 6 nitrogen and oxygen atoms in total. The summed E-state index contributed by atoms with van der Waals surface area (Å²) in [5.41, 5.74) is 0.335. The van der Waals surface area contributed by atoms with E-state index in [0.29, 0.717) is 23.4 Å². The molecule has 0 spiro atoms. The predicted molar refractivity (Wildman–Crippen MR) is 113 cm³/mol. The Hall–Kier alpha value is -2.37. The fourth-order valence-electron chi connectivity index (χ4n) is 6.13. The number of benzene rings is 1. The topological polar surface area (TPSA) is 84.5 Å². The number of nitrogens with one attached hydrogen (secondary N) is 2. The van der Waals surface area contributed by atoms with E-state index in [4.69, 9.17) is 4.74 Å². The fourth-order valence-corrected chi connectivity index (χ4v) is 6.13. The Kier molecular flexibility index (Phi) is 5.85. The molecule has 4 bridgehead atoms. The minimum Gasteiger partial charge on any atom is -0.454 e. The summed E-state index contributed by atoms with van der Waals surface area (Å²) in [6.45, 7) is 3.40. The largest absolute Gasteiger partial charge is 0.454 e. The smallest absolute Gasteiger partial charge is 0.329 e. The van der Waals surface area contributed by atoms with Crippen molar-refractivity contribution >= 4 is 23.5 Å². The quantitative estimate of drug-likeness (QED) is 0.671. The average Bonchev–Trinajstić information content (AvgIpc) is 2.69. The van der Waals surface area contributed by atoms with Crippen LogP contribution in [0.2, 0.25) is 0 Å². The summed E-state index contributed by atoms with van der Waals surface area (Å²) in [5.74, 6) is 0.920. The SMILES string of the molecule is CC(C)[C@H](NC(=O)C12CC3CC(CC(C3)C1)C2)C(=O)OCC(=O)Nc1ccccc1. The van der Waals surface area contributed by atoms with E-state index in [1.54, 1.807) is 12.1 Å². The zero-order chi connectivity index (χ0) is 21.3. The van der Waals surface area contributed by atoms with Crippen molar-refractivity contribution in [3.05, 3.63) is 30.3 Å². The minimum absolute atomic E-state index is 0.00554. The van der Waals surface area contributed by atoms with Crippen LogP contribution >= 0.6 is 0 Å². The van der Waals surface area contributed by atoms with Gasteiger partial charge in [-0.2, -0.15) is 0 Å². The molecule has 0 heterocycles. The van der Waals surface area contributed by atoms with Gasteiger partial charge in [0.25, 0.3) is 5.91 Å². The van der Waals surface area contributed by atoms with Crippen molar-refractivity contribution in [2.75, 3.05) is 11.9 Å². The van der Waals surface area contributed by atoms with Gasteiger partial charge < -0.3 is 15.4 Å². The Morgan fingerprint density at radius 3 is 2.10 bits per heavy atom. The number of hydrogen-bond donors (Lipinski definition) is 2. The summed E-state index contributed by atoms with van der Waals surface area (Å²) in [7, 11) is 0. The predicted octanol–water partition coefficient (Wildman–Crippen LogP) is 3.53. The van der Waals surface area contributed by atoms with E-state index in [1.807, 2.05) is 32.0 Å². The highest BCUT2D eigenvalue weighted by molar-refractivity contribution is 5.94. The van der Waals surface area contributed by atoms with Crippen LogP contribution in [-0.4, -0.2) is 30.4 Å². The molecule has 1 atom stereocenters. The first-order valence-corrected chi connectivity index (χ1v) is 11.2. The van der Waals surface area contributed by atoms with E-state index < -0.39 is 17.9 Å². The van der Waals surface area contributed by atoms with Crippen molar-refractivity contribution in [2.45, 2.75) is 58.4 Å². The van der Waals surface area contributed by atoms with Crippen molar-refractivity contribution in [3.63, 3.8) is 0 Å². The van der Waals surface area contributed by atoms with Gasteiger partial charge in [-0.25, -0.2) is 4.79 Å². The van der Waals surface area contributed by atoms with E-state index in [1.165, 1.54) is 19.3 Å². The Morgan fingerprint density at radius 2 is 1.57 bits per heavy atom. The van der Waals surface area contributed by atoms with E-state index in [0.717, 1.165) is 19.3 Å². The molecular formula is C24H32N2O4. The average molecular weight is 413 g/mol. The lowest BCUT2D eigenvalue weighted by atomic mass is 9.49. The normalized spacial score (nSPS) is 30.0. The number of rotatable bonds is 7. The third kappa shape index (κ3) is 4.37. The van der Waals surface area contributed by atoms with Gasteiger partial charge in [0.05, 0.1) is 0 Å². The molecule has 1 aromatic carbocycles. The Morgan fingerprint density at radius 1 is 1.00 bits per heavy atom. The standard InChI is InChI=1S/C24H32N2O4/c1-15(2)21(22(28)30-14-20(27)25-19-6-4-3-5-7-19)26-23(29)24-11-16-8-17(12-24)10-18(9-16)13-24/h3-7,15-18,21H,8-14H2,1-2H3,(H,25,27)(H,26,29)/t16?,17?,18?,21-,24?/m0/s1. The number of anilines is 1. The Balaban J connectivity index is 1.33. The molecule has 6 heteroatoms. The van der Waals surface area contributed by atoms with Gasteiger partial charge in [-0.1, -0.05) is 32.0 Å². The van der Waals surface area contributed by atoms with Gasteiger partial charge >= 0.3 is 5.97 Å². The van der Waals surface area contributed by atoms with Crippen LogP contribution in [0.1, 0.15) is 52.4 Å². The zero-order valence-corrected chi connectivity index (χ0v) is 17.9. The molecule has 0 aromatic heterocycles. The van der Waals surface area contributed by atoms with E-state index in [2.05, 4.69) is 10.6 Å². The summed E-state index contributed by atoms with van der Waals surface area (Å²) >= 11 is 0. The number of para-hydroxylation sites is 1. The van der Waals surface area contributed by atoms with Gasteiger partial charge in [-0.05, 0) is 74.3 Å². The lowest BCUT2D eigenvalue weighted by Crippen LogP contribution is -2.57. The number of carbonyl (C=O) groups is 3. The number of carbonyl (C=O) groups excluding carboxylic acids is 3. The van der Waals surface area contributed by atoms with Crippen LogP contribution in [0.3, 0.4) is 0 Å². The number of amides is 2. The molecule has 5 rings (SSSR count). The molecule has 4 fully saturated rings. The summed E-state index contributed by atoms with van der Waals surface area (Å²) in [4.78, 5) is 38.1. The summed E-state index contributed by atoms with van der Waals surface area (Å²) < 4.78 is 5.25. The fraction of sp³-hybridized carbons (Fsp3) is 0.625. The maximum atomic E-state index is 13.3. The third-order valence-electron chi connectivity index (χ3n) is 7.13. The molecular weight excluding hydrogens is 380 g/mol. The summed E-state index contributed by atoms with van der Waals surface area (Å²) in [5, 5.41) is 5.69. The number of ether oxygens (including phenoxy) is 1. The van der Waals surface area contributed by atoms with Crippen molar-refractivity contribution in [1.82, 2.24) is 5.32 Å². The van der Waals surface area contributed by atoms with Crippen LogP contribution in [0.4, 0.5) is 5.69 Å². The molecule has 30 heavy (non-hydrogen) atoms. The van der Waals surface area contributed by atoms with Gasteiger partial charge in [0, 0.05) is 11.1 Å². The highest BCUT2D eigenvalue weighted by Crippen LogP contribution is 2.60. The molecule has 0 radical (unpaired) electrons. The molecule has 2 amide bonds. The summed E-state index contributed by atoms with van der Waals surface area (Å²) in [6.07, 6.45) is 6.63. The van der Waals surface area contributed by atoms with Gasteiger partial charge in [-0.15, -0.1) is 0 Å². The van der Waals surface area contributed by atoms with Gasteiger partial charge in [0.1, 0.15) is 6.04 Å². The molecule has 4 aliphatic rings. The van der Waals surface area contributed by atoms with Crippen LogP contribution in [-0.2, 0) is 19.1 Å². The van der Waals surface area contributed by atoms with Crippen molar-refractivity contribution in [1.29, 1.82) is 0 Å². The van der Waals surface area contributed by atoms with Crippen LogP contribution in [0.15, 0.2) is 30.3 Å². The first kappa shape index (κ1) is 20.9. The number of hydrogen-bond acceptors (Lipinski definition) is 4. The second kappa shape index (κ2) is 8.40. The monoisotopic (exact) mass is 412 g/mol. The highest BCUT2D eigenvalue weighted by atomic mass is 16.5. The zero-order valence-electron chi connectivity index (χ0n) is 17.9. The molecule has 4 saturated carbocycles. The van der Waals surface area contributed by atoms with E-state index >= 15 is 0 Å². The maximum absolute atomic E-state index is 13.3. The number of esters is 1. The second-order valence-electron chi connectivity index (χ2n) is 9.91. The maximum Gasteiger partial charge on any atom is 0.329 e. The summed E-state index contributed by atoms with van der Waals surface area (Å²) in [6, 6.07) is 8.28. The lowest BCUT2D eigenvalue weighted by molar-refractivity contribution is -0.156. The highest BCUT2D eigenvalue weighted by Gasteiger charge is 2.55. The molecule has 162 valence electrons. The van der Waals surface area contributed by atoms with Crippen molar-refractivity contribution < 1.29 is 19.1 Å².